The molecule has 2 aromatic carbocycles. The third-order valence-corrected chi connectivity index (χ3v) is 5.84. The Morgan fingerprint density at radius 1 is 1.03 bits per heavy atom. The highest BCUT2D eigenvalue weighted by Crippen LogP contribution is 2.36. The first-order valence-corrected chi connectivity index (χ1v) is 10.6. The Labute approximate surface area is 188 Å². The number of fused-ring (bicyclic) bond motifs is 1. The van der Waals surface area contributed by atoms with E-state index in [0.717, 1.165) is 11.1 Å². The summed E-state index contributed by atoms with van der Waals surface area (Å²) in [5.74, 6) is 1.33. The van der Waals surface area contributed by atoms with Gasteiger partial charge in [-0.1, -0.05) is 18.2 Å². The Bertz CT molecular complexity index is 1350. The van der Waals surface area contributed by atoms with E-state index >= 15 is 0 Å². The van der Waals surface area contributed by atoms with Crippen molar-refractivity contribution in [1.29, 1.82) is 0 Å². The van der Waals surface area contributed by atoms with Crippen molar-refractivity contribution in [1.82, 2.24) is 9.55 Å². The Kier molecular flexibility index (Phi) is 6.09. The van der Waals surface area contributed by atoms with E-state index in [1.54, 1.807) is 38.5 Å². The van der Waals surface area contributed by atoms with Crippen molar-refractivity contribution >= 4 is 33.1 Å². The summed E-state index contributed by atoms with van der Waals surface area (Å²) in [5, 5.41) is 5.10. The van der Waals surface area contributed by atoms with E-state index in [1.165, 1.54) is 29.3 Å². The maximum Gasteiger partial charge on any atom is 0.263 e. The number of benzene rings is 2. The van der Waals surface area contributed by atoms with Gasteiger partial charge in [0.2, 0.25) is 5.91 Å². The van der Waals surface area contributed by atoms with Gasteiger partial charge in [0.05, 0.1) is 38.7 Å². The van der Waals surface area contributed by atoms with Crippen LogP contribution in [0.5, 0.6) is 17.2 Å². The molecule has 0 atom stereocenters. The summed E-state index contributed by atoms with van der Waals surface area (Å²) >= 11 is 1.37. The lowest BCUT2D eigenvalue weighted by Crippen LogP contribution is -2.27. The van der Waals surface area contributed by atoms with Crippen molar-refractivity contribution in [2.24, 2.45) is 0 Å². The zero-order valence-electron chi connectivity index (χ0n) is 17.7. The Morgan fingerprint density at radius 2 is 1.78 bits per heavy atom. The summed E-state index contributed by atoms with van der Waals surface area (Å²) in [5.41, 5.74) is 1.76. The standard InChI is InChI=1S/C23H21N3O5S/c1-29-17-7-5-4-6-16(17)25-20(27)11-26-13-24-22-21(23(26)28)15(12-32-22)14-8-9-18(30-2)19(10-14)31-3/h4-10,12-13H,11H2,1-3H3,(H,25,27). The molecule has 0 bridgehead atoms. The first kappa shape index (κ1) is 21.4. The van der Waals surface area contributed by atoms with Crippen LogP contribution < -0.4 is 25.1 Å². The van der Waals surface area contributed by atoms with E-state index in [-0.39, 0.29) is 18.0 Å². The molecule has 1 N–H and O–H groups in total. The van der Waals surface area contributed by atoms with E-state index in [4.69, 9.17) is 14.2 Å². The van der Waals surface area contributed by atoms with Crippen molar-refractivity contribution < 1.29 is 19.0 Å². The zero-order valence-corrected chi connectivity index (χ0v) is 18.6. The number of hydrogen-bond acceptors (Lipinski definition) is 7. The number of rotatable bonds is 7. The van der Waals surface area contributed by atoms with Crippen LogP contribution in [0.15, 0.2) is 59.0 Å². The van der Waals surface area contributed by atoms with E-state index < -0.39 is 0 Å². The summed E-state index contributed by atoms with van der Waals surface area (Å²) in [4.78, 5) is 30.8. The largest absolute Gasteiger partial charge is 0.495 e. The molecule has 4 aromatic rings. The molecule has 32 heavy (non-hydrogen) atoms. The topological polar surface area (TPSA) is 91.7 Å². The molecule has 0 aliphatic carbocycles. The summed E-state index contributed by atoms with van der Waals surface area (Å²) in [6.07, 6.45) is 1.39. The number of hydrogen-bond donors (Lipinski definition) is 1. The Balaban J connectivity index is 1.67. The van der Waals surface area contributed by atoms with Gasteiger partial charge in [-0.05, 0) is 29.8 Å². The van der Waals surface area contributed by atoms with Gasteiger partial charge in [-0.3, -0.25) is 14.2 Å². The van der Waals surface area contributed by atoms with Crippen LogP contribution in [0.2, 0.25) is 0 Å². The van der Waals surface area contributed by atoms with Crippen molar-refractivity contribution in [2.45, 2.75) is 6.54 Å². The van der Waals surface area contributed by atoms with Crippen molar-refractivity contribution in [3.8, 4) is 28.4 Å². The molecule has 0 fully saturated rings. The smallest absolute Gasteiger partial charge is 0.263 e. The molecule has 164 valence electrons. The first-order valence-electron chi connectivity index (χ1n) is 9.67. The minimum Gasteiger partial charge on any atom is -0.495 e. The quantitative estimate of drug-likeness (QED) is 0.460. The lowest BCUT2D eigenvalue weighted by molar-refractivity contribution is -0.116. The fraction of sp³-hybridized carbons (Fsp3) is 0.174. The summed E-state index contributed by atoms with van der Waals surface area (Å²) < 4.78 is 17.2. The molecule has 0 saturated carbocycles. The monoisotopic (exact) mass is 451 g/mol. The molecular formula is C23H21N3O5S. The number of methoxy groups -OCH3 is 3. The van der Waals surface area contributed by atoms with Crippen molar-refractivity contribution in [2.75, 3.05) is 26.6 Å². The first-order chi connectivity index (χ1) is 15.5. The predicted octanol–water partition coefficient (Wildman–Crippen LogP) is 3.79. The molecule has 9 heteroatoms. The molecule has 1 amide bonds. The van der Waals surface area contributed by atoms with Gasteiger partial charge >= 0.3 is 0 Å². The molecule has 0 aliphatic rings. The van der Waals surface area contributed by atoms with Gasteiger partial charge < -0.3 is 19.5 Å². The second-order valence-corrected chi connectivity index (χ2v) is 7.68. The number of carbonyl (C=O) groups is 1. The number of para-hydroxylation sites is 2. The van der Waals surface area contributed by atoms with E-state index in [1.807, 2.05) is 23.6 Å². The van der Waals surface area contributed by atoms with Crippen LogP contribution in [0.25, 0.3) is 21.3 Å². The highest BCUT2D eigenvalue weighted by atomic mass is 32.1. The normalized spacial score (nSPS) is 10.7. The highest BCUT2D eigenvalue weighted by Gasteiger charge is 2.17. The molecule has 0 aliphatic heterocycles. The van der Waals surface area contributed by atoms with Gasteiger partial charge in [0.1, 0.15) is 17.1 Å². The number of amides is 1. The fourth-order valence-corrected chi connectivity index (χ4v) is 4.30. The minimum atomic E-state index is -0.361. The van der Waals surface area contributed by atoms with Gasteiger partial charge in [-0.2, -0.15) is 0 Å². The molecule has 0 radical (unpaired) electrons. The van der Waals surface area contributed by atoms with Gasteiger partial charge in [0.15, 0.2) is 11.5 Å². The second-order valence-electron chi connectivity index (χ2n) is 6.83. The number of nitrogens with zero attached hydrogens (tertiary/aromatic N) is 2. The number of ether oxygens (including phenoxy) is 3. The van der Waals surface area contributed by atoms with Crippen LogP contribution >= 0.6 is 11.3 Å². The lowest BCUT2D eigenvalue weighted by atomic mass is 10.1. The second kappa shape index (κ2) is 9.11. The van der Waals surface area contributed by atoms with Crippen LogP contribution in [0, 0.1) is 0 Å². The average molecular weight is 452 g/mol. The average Bonchev–Trinajstić information content (AvgIpc) is 3.25. The van der Waals surface area contributed by atoms with Crippen LogP contribution in [0.4, 0.5) is 5.69 Å². The van der Waals surface area contributed by atoms with Gasteiger partial charge in [-0.25, -0.2) is 4.98 Å². The summed E-state index contributed by atoms with van der Waals surface area (Å²) in [6.45, 7) is -0.180. The van der Waals surface area contributed by atoms with E-state index in [0.29, 0.717) is 33.2 Å². The molecule has 2 aromatic heterocycles. The minimum absolute atomic E-state index is 0.180. The Morgan fingerprint density at radius 3 is 2.53 bits per heavy atom. The fourth-order valence-electron chi connectivity index (χ4n) is 3.39. The molecule has 0 spiro atoms. The van der Waals surface area contributed by atoms with Crippen LogP contribution in [-0.4, -0.2) is 36.8 Å². The van der Waals surface area contributed by atoms with Crippen LogP contribution in [0.3, 0.4) is 0 Å². The van der Waals surface area contributed by atoms with Crippen LogP contribution in [0.1, 0.15) is 0 Å². The van der Waals surface area contributed by atoms with Crippen molar-refractivity contribution in [3.63, 3.8) is 0 Å². The summed E-state index contributed by atoms with van der Waals surface area (Å²) in [7, 11) is 4.65. The zero-order chi connectivity index (χ0) is 22.7. The molecule has 8 nitrogen and oxygen atoms in total. The molecule has 0 unspecified atom stereocenters. The molecule has 0 saturated heterocycles. The molecule has 4 rings (SSSR count). The molecular weight excluding hydrogens is 430 g/mol. The number of carbonyl (C=O) groups excluding carboxylic acids is 1. The van der Waals surface area contributed by atoms with Gasteiger partial charge in [0.25, 0.3) is 5.56 Å². The Hall–Kier alpha value is -3.85. The third kappa shape index (κ3) is 4.02. The van der Waals surface area contributed by atoms with Gasteiger partial charge in [0, 0.05) is 10.9 Å². The van der Waals surface area contributed by atoms with E-state index in [2.05, 4.69) is 10.3 Å². The molecule has 2 heterocycles. The maximum absolute atomic E-state index is 13.2. The number of aromatic nitrogens is 2. The van der Waals surface area contributed by atoms with Crippen LogP contribution in [-0.2, 0) is 11.3 Å². The predicted molar refractivity (Wildman–Crippen MR) is 124 cm³/mol. The lowest BCUT2D eigenvalue weighted by Gasteiger charge is -2.11. The maximum atomic E-state index is 13.2. The third-order valence-electron chi connectivity index (χ3n) is 4.95. The van der Waals surface area contributed by atoms with Gasteiger partial charge in [-0.15, -0.1) is 11.3 Å². The number of thiophene rings is 1. The van der Waals surface area contributed by atoms with Crippen molar-refractivity contribution in [3.05, 3.63) is 64.5 Å². The highest BCUT2D eigenvalue weighted by molar-refractivity contribution is 7.17. The van der Waals surface area contributed by atoms with E-state index in [9.17, 15) is 9.59 Å². The SMILES string of the molecule is COc1ccccc1NC(=O)Cn1cnc2scc(-c3ccc(OC)c(OC)c3)c2c1=O. The number of nitrogens with one attached hydrogen (secondary N) is 1. The number of anilines is 1. The summed E-state index contributed by atoms with van der Waals surface area (Å²) in [6, 6.07) is 12.5.